The van der Waals surface area contributed by atoms with E-state index in [2.05, 4.69) is 15.9 Å². The number of halogens is 2. The Labute approximate surface area is 193 Å². The number of amides is 2. The maximum atomic E-state index is 12.8. The van der Waals surface area contributed by atoms with Crippen molar-refractivity contribution in [3.8, 4) is 11.5 Å². The minimum atomic E-state index is -0.324. The molecule has 0 unspecified atom stereocenters. The van der Waals surface area contributed by atoms with Crippen LogP contribution in [-0.4, -0.2) is 29.3 Å². The molecule has 1 aliphatic heterocycles. The van der Waals surface area contributed by atoms with Gasteiger partial charge in [0.05, 0.1) is 29.1 Å². The van der Waals surface area contributed by atoms with Crippen LogP contribution < -0.4 is 9.47 Å². The Morgan fingerprint density at radius 1 is 1.23 bits per heavy atom. The predicted octanol–water partition coefficient (Wildman–Crippen LogP) is 6.52. The zero-order valence-corrected chi connectivity index (χ0v) is 19.9. The monoisotopic (exact) mass is 509 g/mol. The molecule has 1 aliphatic rings. The van der Waals surface area contributed by atoms with Crippen molar-refractivity contribution in [3.05, 3.63) is 61.9 Å². The molecule has 1 saturated heterocycles. The topological polar surface area (TPSA) is 55.8 Å². The lowest BCUT2D eigenvalue weighted by Crippen LogP contribution is -2.27. The van der Waals surface area contributed by atoms with Gasteiger partial charge in [0.15, 0.2) is 11.5 Å². The smallest absolute Gasteiger partial charge is 0.293 e. The molecule has 0 saturated carbocycles. The molecule has 158 valence electrons. The SMILES string of the molecule is CC[C@@H](C)Oc1c(Br)cc(/C=C2/SC(=O)N(Cc3ccc(Cl)cc3)C2=O)cc1OC. The lowest BCUT2D eigenvalue weighted by atomic mass is 10.1. The highest BCUT2D eigenvalue weighted by molar-refractivity contribution is 9.10. The lowest BCUT2D eigenvalue weighted by molar-refractivity contribution is -0.123. The van der Waals surface area contributed by atoms with Crippen LogP contribution in [0.5, 0.6) is 11.5 Å². The van der Waals surface area contributed by atoms with E-state index >= 15 is 0 Å². The molecule has 1 atom stereocenters. The molecule has 2 amide bonds. The van der Waals surface area contributed by atoms with Gasteiger partial charge in [-0.1, -0.05) is 30.7 Å². The van der Waals surface area contributed by atoms with E-state index in [0.29, 0.717) is 25.9 Å². The van der Waals surface area contributed by atoms with Gasteiger partial charge in [0.2, 0.25) is 0 Å². The van der Waals surface area contributed by atoms with Gasteiger partial charge < -0.3 is 9.47 Å². The van der Waals surface area contributed by atoms with Crippen LogP contribution in [0.2, 0.25) is 5.02 Å². The Balaban J connectivity index is 1.84. The zero-order chi connectivity index (χ0) is 21.8. The fourth-order valence-corrected chi connectivity index (χ4v) is 4.30. The number of hydrogen-bond donors (Lipinski definition) is 0. The number of imide groups is 1. The lowest BCUT2D eigenvalue weighted by Gasteiger charge is -2.17. The summed E-state index contributed by atoms with van der Waals surface area (Å²) in [6, 6.07) is 10.7. The van der Waals surface area contributed by atoms with E-state index in [1.54, 1.807) is 43.5 Å². The molecule has 0 spiro atoms. The average Bonchev–Trinajstić information content (AvgIpc) is 2.98. The molecule has 0 aliphatic carbocycles. The van der Waals surface area contributed by atoms with Crippen LogP contribution in [-0.2, 0) is 11.3 Å². The summed E-state index contributed by atoms with van der Waals surface area (Å²) in [4.78, 5) is 26.8. The third kappa shape index (κ3) is 5.20. The molecule has 8 heteroatoms. The van der Waals surface area contributed by atoms with Crippen LogP contribution in [0.25, 0.3) is 6.08 Å². The summed E-state index contributed by atoms with van der Waals surface area (Å²) < 4.78 is 12.1. The quantitative estimate of drug-likeness (QED) is 0.397. The third-order valence-electron chi connectivity index (χ3n) is 4.57. The molecule has 0 aromatic heterocycles. The van der Waals surface area contributed by atoms with E-state index in [9.17, 15) is 9.59 Å². The van der Waals surface area contributed by atoms with Gasteiger partial charge in [0, 0.05) is 5.02 Å². The average molecular weight is 511 g/mol. The van der Waals surface area contributed by atoms with Gasteiger partial charge in [-0.15, -0.1) is 0 Å². The first-order valence-electron chi connectivity index (χ1n) is 9.36. The molecule has 1 heterocycles. The molecule has 0 bridgehead atoms. The number of thioether (sulfide) groups is 1. The molecule has 0 N–H and O–H groups in total. The Bertz CT molecular complexity index is 993. The highest BCUT2D eigenvalue weighted by atomic mass is 79.9. The number of methoxy groups -OCH3 is 1. The predicted molar refractivity (Wildman–Crippen MR) is 124 cm³/mol. The Kier molecular flexibility index (Phi) is 7.50. The number of carbonyl (C=O) groups excluding carboxylic acids is 2. The van der Waals surface area contributed by atoms with Crippen LogP contribution in [0.1, 0.15) is 31.4 Å². The highest BCUT2D eigenvalue weighted by Crippen LogP contribution is 2.40. The van der Waals surface area contributed by atoms with Crippen molar-refractivity contribution < 1.29 is 19.1 Å². The third-order valence-corrected chi connectivity index (χ3v) is 6.32. The molecule has 30 heavy (non-hydrogen) atoms. The second-order valence-electron chi connectivity index (χ2n) is 6.77. The summed E-state index contributed by atoms with van der Waals surface area (Å²) in [5, 5.41) is 0.303. The molecule has 2 aromatic rings. The van der Waals surface area contributed by atoms with Gasteiger partial charge in [-0.05, 0) is 82.5 Å². The minimum absolute atomic E-state index is 0.0328. The van der Waals surface area contributed by atoms with Crippen LogP contribution in [0, 0.1) is 0 Å². The number of ether oxygens (including phenoxy) is 2. The fourth-order valence-electron chi connectivity index (χ4n) is 2.78. The normalized spacial score (nSPS) is 16.3. The number of nitrogens with zero attached hydrogens (tertiary/aromatic N) is 1. The number of rotatable bonds is 7. The van der Waals surface area contributed by atoms with Gasteiger partial charge in [0.1, 0.15) is 0 Å². The number of carbonyl (C=O) groups is 2. The largest absolute Gasteiger partial charge is 0.493 e. The van der Waals surface area contributed by atoms with E-state index in [1.807, 2.05) is 19.9 Å². The maximum absolute atomic E-state index is 12.8. The summed E-state index contributed by atoms with van der Waals surface area (Å²) in [5.41, 5.74) is 1.56. The van der Waals surface area contributed by atoms with E-state index in [-0.39, 0.29) is 23.8 Å². The van der Waals surface area contributed by atoms with Crippen molar-refractivity contribution in [3.63, 3.8) is 0 Å². The molecular formula is C22H21BrClNO4S. The van der Waals surface area contributed by atoms with Crippen molar-refractivity contribution in [1.82, 2.24) is 4.90 Å². The Hall–Kier alpha value is -1.96. The highest BCUT2D eigenvalue weighted by Gasteiger charge is 2.35. The molecule has 2 aromatic carbocycles. The summed E-state index contributed by atoms with van der Waals surface area (Å²) in [6.07, 6.45) is 2.58. The first-order chi connectivity index (χ1) is 14.3. The second kappa shape index (κ2) is 9.90. The Morgan fingerprint density at radius 2 is 1.93 bits per heavy atom. The van der Waals surface area contributed by atoms with E-state index in [0.717, 1.165) is 29.3 Å². The van der Waals surface area contributed by atoms with Crippen molar-refractivity contribution in [2.45, 2.75) is 32.9 Å². The summed E-state index contributed by atoms with van der Waals surface area (Å²) in [7, 11) is 1.56. The Morgan fingerprint density at radius 3 is 2.57 bits per heavy atom. The van der Waals surface area contributed by atoms with Gasteiger partial charge in [-0.2, -0.15) is 0 Å². The van der Waals surface area contributed by atoms with Crippen molar-refractivity contribution >= 4 is 56.5 Å². The van der Waals surface area contributed by atoms with Gasteiger partial charge >= 0.3 is 0 Å². The molecule has 1 fully saturated rings. The summed E-state index contributed by atoms with van der Waals surface area (Å²) >= 11 is 10.3. The molecular weight excluding hydrogens is 490 g/mol. The van der Waals surface area contributed by atoms with Crippen LogP contribution in [0.3, 0.4) is 0 Å². The van der Waals surface area contributed by atoms with Gasteiger partial charge in [-0.3, -0.25) is 14.5 Å². The van der Waals surface area contributed by atoms with E-state index in [4.69, 9.17) is 21.1 Å². The first-order valence-corrected chi connectivity index (χ1v) is 11.3. The second-order valence-corrected chi connectivity index (χ2v) is 9.05. The number of hydrogen-bond acceptors (Lipinski definition) is 5. The molecule has 3 rings (SSSR count). The van der Waals surface area contributed by atoms with E-state index < -0.39 is 0 Å². The number of benzene rings is 2. The van der Waals surface area contributed by atoms with Gasteiger partial charge in [0.25, 0.3) is 11.1 Å². The summed E-state index contributed by atoms with van der Waals surface area (Å²) in [5.74, 6) is 0.839. The van der Waals surface area contributed by atoms with Crippen LogP contribution in [0.4, 0.5) is 4.79 Å². The van der Waals surface area contributed by atoms with Crippen molar-refractivity contribution in [1.29, 1.82) is 0 Å². The first kappa shape index (κ1) is 22.7. The summed E-state index contributed by atoms with van der Waals surface area (Å²) in [6.45, 7) is 4.23. The van der Waals surface area contributed by atoms with E-state index in [1.165, 1.54) is 4.90 Å². The van der Waals surface area contributed by atoms with Crippen LogP contribution >= 0.6 is 39.3 Å². The standard InChI is InChI=1S/C22H21BrClNO4S/c1-4-13(2)29-20-17(23)9-15(10-18(20)28-3)11-19-21(26)25(22(27)30-19)12-14-5-7-16(24)8-6-14/h5-11,13H,4,12H2,1-3H3/b19-11+/t13-/m1/s1. The minimum Gasteiger partial charge on any atom is -0.493 e. The van der Waals surface area contributed by atoms with Gasteiger partial charge in [-0.25, -0.2) is 0 Å². The molecule has 5 nitrogen and oxygen atoms in total. The fraction of sp³-hybridized carbons (Fsp3) is 0.273. The maximum Gasteiger partial charge on any atom is 0.293 e. The molecule has 0 radical (unpaired) electrons. The zero-order valence-electron chi connectivity index (χ0n) is 16.8. The van der Waals surface area contributed by atoms with Crippen LogP contribution in [0.15, 0.2) is 45.8 Å². The van der Waals surface area contributed by atoms with Crippen molar-refractivity contribution in [2.24, 2.45) is 0 Å². The van der Waals surface area contributed by atoms with Crippen molar-refractivity contribution in [2.75, 3.05) is 7.11 Å².